The minimum atomic E-state index is 0.824. The van der Waals surface area contributed by atoms with Gasteiger partial charge in [-0.3, -0.25) is 4.98 Å². The number of aromatic nitrogens is 3. The van der Waals surface area contributed by atoms with Gasteiger partial charge in [-0.2, -0.15) is 0 Å². The minimum Gasteiger partial charge on any atom is -0.337 e. The Labute approximate surface area is 132 Å². The molecule has 0 fully saturated rings. The van der Waals surface area contributed by atoms with E-state index in [1.54, 1.807) is 0 Å². The zero-order chi connectivity index (χ0) is 14.9. The summed E-state index contributed by atoms with van der Waals surface area (Å²) in [6, 6.07) is 16.6. The molecule has 108 valence electrons. The van der Waals surface area contributed by atoms with Crippen LogP contribution in [0.15, 0.2) is 59.6 Å². The lowest BCUT2D eigenvalue weighted by Crippen LogP contribution is -1.86. The third-order valence-corrected chi connectivity index (χ3v) is 4.58. The molecule has 0 spiro atoms. The van der Waals surface area contributed by atoms with Gasteiger partial charge in [0.2, 0.25) is 0 Å². The fourth-order valence-electron chi connectivity index (χ4n) is 2.61. The van der Waals surface area contributed by atoms with Gasteiger partial charge in [-0.1, -0.05) is 37.3 Å². The van der Waals surface area contributed by atoms with Crippen LogP contribution in [0.25, 0.3) is 33.3 Å². The number of rotatable bonds is 3. The molecule has 2 aromatic carbocycles. The predicted octanol–water partition coefficient (Wildman–Crippen LogP) is 4.89. The number of hydrogen-bond acceptors (Lipinski definition) is 3. The first-order valence-electron chi connectivity index (χ1n) is 7.32. The first-order valence-corrected chi connectivity index (χ1v) is 8.30. The summed E-state index contributed by atoms with van der Waals surface area (Å²) in [7, 11) is 0. The molecule has 0 bridgehead atoms. The Balaban J connectivity index is 1.87. The van der Waals surface area contributed by atoms with Gasteiger partial charge >= 0.3 is 0 Å². The summed E-state index contributed by atoms with van der Waals surface area (Å²) in [6.45, 7) is 2.15. The second-order valence-electron chi connectivity index (χ2n) is 5.09. The number of benzene rings is 2. The molecule has 2 heterocycles. The maximum absolute atomic E-state index is 4.77. The lowest BCUT2D eigenvalue weighted by Gasteiger charge is -1.99. The van der Waals surface area contributed by atoms with Crippen LogP contribution in [-0.4, -0.2) is 20.7 Å². The summed E-state index contributed by atoms with van der Waals surface area (Å²) >= 11 is 1.81. The van der Waals surface area contributed by atoms with Crippen LogP contribution in [0.2, 0.25) is 0 Å². The molecule has 4 heteroatoms. The van der Waals surface area contributed by atoms with Crippen LogP contribution in [0.5, 0.6) is 0 Å². The van der Waals surface area contributed by atoms with Crippen LogP contribution in [0.3, 0.4) is 0 Å². The van der Waals surface area contributed by atoms with E-state index in [2.05, 4.69) is 53.3 Å². The Hall–Kier alpha value is -2.33. The number of fused-ring (bicyclic) bond motifs is 2. The highest BCUT2D eigenvalue weighted by Gasteiger charge is 2.10. The summed E-state index contributed by atoms with van der Waals surface area (Å²) in [5.74, 6) is 1.86. The average Bonchev–Trinajstić information content (AvgIpc) is 3.00. The molecule has 4 aromatic rings. The van der Waals surface area contributed by atoms with E-state index in [0.717, 1.165) is 33.7 Å². The Kier molecular flexibility index (Phi) is 3.31. The van der Waals surface area contributed by atoms with Crippen molar-refractivity contribution in [3.8, 4) is 11.5 Å². The molecule has 22 heavy (non-hydrogen) atoms. The third-order valence-electron chi connectivity index (χ3n) is 3.65. The van der Waals surface area contributed by atoms with Crippen LogP contribution >= 0.6 is 11.8 Å². The van der Waals surface area contributed by atoms with E-state index in [1.165, 1.54) is 10.3 Å². The summed E-state index contributed by atoms with van der Waals surface area (Å²) < 4.78 is 0. The predicted molar refractivity (Wildman–Crippen MR) is 93.2 cm³/mol. The highest BCUT2D eigenvalue weighted by atomic mass is 32.2. The van der Waals surface area contributed by atoms with Crippen molar-refractivity contribution in [2.75, 3.05) is 5.75 Å². The summed E-state index contributed by atoms with van der Waals surface area (Å²) in [5, 5.41) is 2.32. The number of imidazole rings is 1. The Morgan fingerprint density at radius 1 is 1.05 bits per heavy atom. The Morgan fingerprint density at radius 3 is 2.77 bits per heavy atom. The summed E-state index contributed by atoms with van der Waals surface area (Å²) in [4.78, 5) is 13.9. The molecule has 0 unspecified atom stereocenters. The first kappa shape index (κ1) is 13.3. The highest BCUT2D eigenvalue weighted by molar-refractivity contribution is 7.99. The number of nitrogens with one attached hydrogen (secondary N) is 1. The lowest BCUT2D eigenvalue weighted by atomic mass is 10.1. The quantitative estimate of drug-likeness (QED) is 0.548. The monoisotopic (exact) mass is 305 g/mol. The molecular formula is C18H15N3S. The molecule has 0 aliphatic heterocycles. The van der Waals surface area contributed by atoms with E-state index >= 15 is 0 Å². The van der Waals surface area contributed by atoms with Gasteiger partial charge in [-0.05, 0) is 29.3 Å². The van der Waals surface area contributed by atoms with E-state index in [4.69, 9.17) is 4.98 Å². The number of aromatic amines is 1. The van der Waals surface area contributed by atoms with Gasteiger partial charge in [0.15, 0.2) is 5.82 Å². The van der Waals surface area contributed by atoms with Crippen LogP contribution in [0.1, 0.15) is 6.92 Å². The molecule has 0 saturated heterocycles. The van der Waals surface area contributed by atoms with E-state index in [1.807, 2.05) is 30.1 Å². The zero-order valence-electron chi connectivity index (χ0n) is 12.2. The maximum Gasteiger partial charge on any atom is 0.157 e. The normalized spacial score (nSPS) is 11.3. The minimum absolute atomic E-state index is 0.824. The van der Waals surface area contributed by atoms with Crippen molar-refractivity contribution in [3.05, 3.63) is 54.7 Å². The first-order chi connectivity index (χ1) is 10.8. The van der Waals surface area contributed by atoms with Crippen LogP contribution in [0.4, 0.5) is 0 Å². The van der Waals surface area contributed by atoms with Gasteiger partial charge in [0, 0.05) is 16.5 Å². The van der Waals surface area contributed by atoms with Gasteiger partial charge in [0.1, 0.15) is 11.2 Å². The summed E-state index contributed by atoms with van der Waals surface area (Å²) in [5.41, 5.74) is 2.96. The molecule has 0 radical (unpaired) electrons. The van der Waals surface area contributed by atoms with Gasteiger partial charge in [0.25, 0.3) is 0 Å². The average molecular weight is 305 g/mol. The number of hydrogen-bond donors (Lipinski definition) is 1. The van der Waals surface area contributed by atoms with E-state index in [-0.39, 0.29) is 0 Å². The van der Waals surface area contributed by atoms with Gasteiger partial charge < -0.3 is 4.98 Å². The maximum atomic E-state index is 4.77. The summed E-state index contributed by atoms with van der Waals surface area (Å²) in [6.07, 6.45) is 1.90. The highest BCUT2D eigenvalue weighted by Crippen LogP contribution is 2.29. The third kappa shape index (κ3) is 2.25. The van der Waals surface area contributed by atoms with Gasteiger partial charge in [-0.15, -0.1) is 11.8 Å². The van der Waals surface area contributed by atoms with E-state index < -0.39 is 0 Å². The van der Waals surface area contributed by atoms with Crippen LogP contribution in [0, 0.1) is 0 Å². The number of thioether (sulfide) groups is 1. The molecule has 0 saturated carbocycles. The Bertz CT molecular complexity index is 959. The number of nitrogens with zero attached hydrogens (tertiary/aromatic N) is 2. The molecule has 0 amide bonds. The molecular weight excluding hydrogens is 290 g/mol. The fourth-order valence-corrected chi connectivity index (χ4v) is 3.39. The number of para-hydroxylation sites is 1. The fraction of sp³-hybridized carbons (Fsp3) is 0.111. The molecule has 0 atom stereocenters. The molecule has 0 aliphatic carbocycles. The molecule has 1 N–H and O–H groups in total. The number of H-pyrrole nitrogens is 1. The van der Waals surface area contributed by atoms with Crippen LogP contribution in [-0.2, 0) is 0 Å². The molecule has 0 aliphatic rings. The molecule has 2 aromatic heterocycles. The van der Waals surface area contributed by atoms with Gasteiger partial charge in [-0.25, -0.2) is 4.98 Å². The standard InChI is InChI=1S/C18H15N3S/c1-2-22-16-9-5-8-14-17(16)21-18(20-14)15-10-12-6-3-4-7-13(12)11-19-15/h3-11H,2H2,1H3,(H,20,21). The van der Waals surface area contributed by atoms with Crippen molar-refractivity contribution in [1.29, 1.82) is 0 Å². The SMILES string of the molecule is CCSc1cccc2[nH]c(-c3cc4ccccc4cn3)nc12. The van der Waals surface area contributed by atoms with Crippen molar-refractivity contribution < 1.29 is 0 Å². The zero-order valence-corrected chi connectivity index (χ0v) is 13.0. The van der Waals surface area contributed by atoms with Gasteiger partial charge in [0.05, 0.1) is 5.52 Å². The van der Waals surface area contributed by atoms with E-state index in [0.29, 0.717) is 0 Å². The molecule has 4 rings (SSSR count). The van der Waals surface area contributed by atoms with Crippen molar-refractivity contribution in [2.24, 2.45) is 0 Å². The van der Waals surface area contributed by atoms with E-state index in [9.17, 15) is 0 Å². The lowest BCUT2D eigenvalue weighted by molar-refractivity contribution is 1.25. The van der Waals surface area contributed by atoms with Crippen molar-refractivity contribution >= 4 is 33.6 Å². The topological polar surface area (TPSA) is 41.6 Å². The number of pyridine rings is 1. The van der Waals surface area contributed by atoms with Crippen molar-refractivity contribution in [2.45, 2.75) is 11.8 Å². The van der Waals surface area contributed by atoms with Crippen molar-refractivity contribution in [3.63, 3.8) is 0 Å². The molecule has 3 nitrogen and oxygen atoms in total. The second-order valence-corrected chi connectivity index (χ2v) is 6.39. The smallest absolute Gasteiger partial charge is 0.157 e. The largest absolute Gasteiger partial charge is 0.337 e. The van der Waals surface area contributed by atoms with Crippen molar-refractivity contribution in [1.82, 2.24) is 15.0 Å². The second kappa shape index (κ2) is 5.46. The Morgan fingerprint density at radius 2 is 1.91 bits per heavy atom. The van der Waals surface area contributed by atoms with Crippen LogP contribution < -0.4 is 0 Å².